The average molecular weight is 115 g/mol. The smallest absolute Gasteiger partial charge is 0.0584 e. The number of likely N-dealkylation sites (tertiary alicyclic amines) is 1. The van der Waals surface area contributed by atoms with E-state index < -0.39 is 0 Å². The molecule has 1 rings (SSSR count). The van der Waals surface area contributed by atoms with Gasteiger partial charge in [0.1, 0.15) is 0 Å². The van der Waals surface area contributed by atoms with Crippen molar-refractivity contribution in [1.82, 2.24) is 4.90 Å². The van der Waals surface area contributed by atoms with Gasteiger partial charge in [0.2, 0.25) is 0 Å². The zero-order valence-electron chi connectivity index (χ0n) is 5.30. The molecule has 0 radical (unpaired) electrons. The quantitative estimate of drug-likeness (QED) is 0.550. The van der Waals surface area contributed by atoms with Crippen molar-refractivity contribution < 1.29 is 5.11 Å². The lowest BCUT2D eigenvalue weighted by atomic mass is 10.1. The second kappa shape index (κ2) is 2.46. The maximum Gasteiger partial charge on any atom is 0.0584 e. The molecule has 1 heterocycles. The van der Waals surface area contributed by atoms with Crippen LogP contribution in [0.25, 0.3) is 0 Å². The van der Waals surface area contributed by atoms with E-state index in [0.29, 0.717) is 12.6 Å². The fourth-order valence-electron chi connectivity index (χ4n) is 0.897. The molecule has 1 fully saturated rings. The Balaban J connectivity index is 2.13. The van der Waals surface area contributed by atoms with E-state index >= 15 is 0 Å². The molecular formula is C6H13NO. The number of aliphatic hydroxyl groups excluding tert-OH is 1. The number of hydrogen-bond donors (Lipinski definition) is 1. The molecule has 2 nitrogen and oxygen atoms in total. The van der Waals surface area contributed by atoms with Crippen LogP contribution < -0.4 is 0 Å². The molecule has 1 N–H and O–H groups in total. The van der Waals surface area contributed by atoms with Crippen molar-refractivity contribution in [3.63, 3.8) is 0 Å². The van der Waals surface area contributed by atoms with Crippen LogP contribution in [0.4, 0.5) is 0 Å². The van der Waals surface area contributed by atoms with E-state index in [2.05, 4.69) is 11.8 Å². The zero-order valence-corrected chi connectivity index (χ0v) is 5.30. The third-order valence-corrected chi connectivity index (χ3v) is 1.78. The van der Waals surface area contributed by atoms with Crippen molar-refractivity contribution in [1.29, 1.82) is 0 Å². The molecule has 0 unspecified atom stereocenters. The SMILES string of the molecule is C[C@H](CO)N1CCC1. The average Bonchev–Trinajstić information content (AvgIpc) is 1.62. The second-order valence-electron chi connectivity index (χ2n) is 2.42. The van der Waals surface area contributed by atoms with Crippen LogP contribution in [0.5, 0.6) is 0 Å². The van der Waals surface area contributed by atoms with Gasteiger partial charge in [0, 0.05) is 6.04 Å². The number of aliphatic hydroxyl groups is 1. The first-order valence-corrected chi connectivity index (χ1v) is 3.19. The molecular weight excluding hydrogens is 102 g/mol. The summed E-state index contributed by atoms with van der Waals surface area (Å²) in [5.74, 6) is 0. The van der Waals surface area contributed by atoms with E-state index in [4.69, 9.17) is 5.11 Å². The van der Waals surface area contributed by atoms with Crippen LogP contribution in [-0.4, -0.2) is 35.7 Å². The van der Waals surface area contributed by atoms with E-state index in [1.807, 2.05) is 0 Å². The van der Waals surface area contributed by atoms with Gasteiger partial charge >= 0.3 is 0 Å². The van der Waals surface area contributed by atoms with E-state index in [1.165, 1.54) is 19.5 Å². The Bertz CT molecular complexity index is 68.2. The Morgan fingerprint density at radius 2 is 2.25 bits per heavy atom. The van der Waals surface area contributed by atoms with Crippen LogP contribution in [0.1, 0.15) is 13.3 Å². The molecule has 8 heavy (non-hydrogen) atoms. The van der Waals surface area contributed by atoms with Gasteiger partial charge in [-0.2, -0.15) is 0 Å². The largest absolute Gasteiger partial charge is 0.395 e. The van der Waals surface area contributed by atoms with Crippen LogP contribution in [0.3, 0.4) is 0 Å². The lowest BCUT2D eigenvalue weighted by Gasteiger charge is -2.35. The third-order valence-electron chi connectivity index (χ3n) is 1.78. The predicted octanol–water partition coefficient (Wildman–Crippen LogP) is 0.0729. The van der Waals surface area contributed by atoms with Gasteiger partial charge < -0.3 is 5.11 Å². The lowest BCUT2D eigenvalue weighted by molar-refractivity contribution is 0.0822. The molecule has 0 aliphatic carbocycles. The van der Waals surface area contributed by atoms with Crippen LogP contribution >= 0.6 is 0 Å². The number of hydrogen-bond acceptors (Lipinski definition) is 2. The maximum absolute atomic E-state index is 8.63. The van der Waals surface area contributed by atoms with Crippen molar-refractivity contribution in [2.75, 3.05) is 19.7 Å². The fourth-order valence-corrected chi connectivity index (χ4v) is 0.897. The molecule has 1 aliphatic rings. The zero-order chi connectivity index (χ0) is 5.98. The minimum absolute atomic E-state index is 0.306. The van der Waals surface area contributed by atoms with Gasteiger partial charge in [-0.05, 0) is 26.4 Å². The van der Waals surface area contributed by atoms with Gasteiger partial charge in [-0.3, -0.25) is 4.90 Å². The summed E-state index contributed by atoms with van der Waals surface area (Å²) >= 11 is 0. The molecule has 0 aromatic rings. The van der Waals surface area contributed by atoms with Gasteiger partial charge in [-0.25, -0.2) is 0 Å². The van der Waals surface area contributed by atoms with Crippen LogP contribution in [0, 0.1) is 0 Å². The molecule has 1 saturated heterocycles. The monoisotopic (exact) mass is 115 g/mol. The Morgan fingerprint density at radius 1 is 1.62 bits per heavy atom. The van der Waals surface area contributed by atoms with Crippen molar-refractivity contribution in [2.45, 2.75) is 19.4 Å². The highest BCUT2D eigenvalue weighted by atomic mass is 16.3. The highest BCUT2D eigenvalue weighted by Gasteiger charge is 2.18. The molecule has 0 aromatic carbocycles. The first kappa shape index (κ1) is 6.05. The van der Waals surface area contributed by atoms with Crippen molar-refractivity contribution in [3.8, 4) is 0 Å². The molecule has 0 saturated carbocycles. The summed E-state index contributed by atoms with van der Waals surface area (Å²) in [6.07, 6.45) is 1.31. The molecule has 0 aromatic heterocycles. The molecule has 0 spiro atoms. The Hall–Kier alpha value is -0.0800. The summed E-state index contributed by atoms with van der Waals surface area (Å²) in [7, 11) is 0. The lowest BCUT2D eigenvalue weighted by Crippen LogP contribution is -2.45. The van der Waals surface area contributed by atoms with E-state index in [1.54, 1.807) is 0 Å². The highest BCUT2D eigenvalue weighted by molar-refractivity contribution is 4.73. The Morgan fingerprint density at radius 3 is 2.38 bits per heavy atom. The summed E-state index contributed by atoms with van der Waals surface area (Å²) in [5.41, 5.74) is 0. The maximum atomic E-state index is 8.63. The van der Waals surface area contributed by atoms with Gasteiger partial charge in [-0.1, -0.05) is 0 Å². The molecule has 1 atom stereocenters. The standard InChI is InChI=1S/C6H13NO/c1-6(5-8)7-3-2-4-7/h6,8H,2-5H2,1H3/t6-/m1/s1. The first-order chi connectivity index (χ1) is 3.84. The minimum atomic E-state index is 0.306. The summed E-state index contributed by atoms with van der Waals surface area (Å²) in [6, 6.07) is 0.392. The van der Waals surface area contributed by atoms with Crippen LogP contribution in [0.15, 0.2) is 0 Å². The summed E-state index contributed by atoms with van der Waals surface area (Å²) < 4.78 is 0. The highest BCUT2D eigenvalue weighted by Crippen LogP contribution is 2.09. The summed E-state index contributed by atoms with van der Waals surface area (Å²) in [4.78, 5) is 2.28. The molecule has 48 valence electrons. The van der Waals surface area contributed by atoms with Crippen LogP contribution in [-0.2, 0) is 0 Å². The molecule has 2 heteroatoms. The minimum Gasteiger partial charge on any atom is -0.395 e. The normalized spacial score (nSPS) is 24.8. The Labute approximate surface area is 50.1 Å². The van der Waals surface area contributed by atoms with E-state index in [9.17, 15) is 0 Å². The van der Waals surface area contributed by atoms with Crippen molar-refractivity contribution in [3.05, 3.63) is 0 Å². The molecule has 0 amide bonds. The van der Waals surface area contributed by atoms with Gasteiger partial charge in [0.15, 0.2) is 0 Å². The van der Waals surface area contributed by atoms with E-state index in [-0.39, 0.29) is 0 Å². The van der Waals surface area contributed by atoms with Crippen LogP contribution in [0.2, 0.25) is 0 Å². The fraction of sp³-hybridized carbons (Fsp3) is 1.00. The van der Waals surface area contributed by atoms with Crippen molar-refractivity contribution in [2.24, 2.45) is 0 Å². The second-order valence-corrected chi connectivity index (χ2v) is 2.42. The number of nitrogens with zero attached hydrogens (tertiary/aromatic N) is 1. The van der Waals surface area contributed by atoms with E-state index in [0.717, 1.165) is 0 Å². The topological polar surface area (TPSA) is 23.5 Å². The van der Waals surface area contributed by atoms with Gasteiger partial charge in [-0.15, -0.1) is 0 Å². The summed E-state index contributed by atoms with van der Waals surface area (Å²) in [6.45, 7) is 4.72. The van der Waals surface area contributed by atoms with Gasteiger partial charge in [0.25, 0.3) is 0 Å². The summed E-state index contributed by atoms with van der Waals surface area (Å²) in [5, 5.41) is 8.63. The van der Waals surface area contributed by atoms with Crippen molar-refractivity contribution >= 4 is 0 Å². The number of rotatable bonds is 2. The third kappa shape index (κ3) is 1.01. The first-order valence-electron chi connectivity index (χ1n) is 3.19. The molecule has 1 aliphatic heterocycles. The predicted molar refractivity (Wildman–Crippen MR) is 32.7 cm³/mol. The molecule has 0 bridgehead atoms. The Kier molecular flexibility index (Phi) is 1.86. The van der Waals surface area contributed by atoms with Gasteiger partial charge in [0.05, 0.1) is 6.61 Å².